The first-order valence-corrected chi connectivity index (χ1v) is 6.62. The van der Waals surface area contributed by atoms with Crippen LogP contribution >= 0.6 is 0 Å². The van der Waals surface area contributed by atoms with Gasteiger partial charge in [0.25, 0.3) is 0 Å². The first-order valence-electron chi connectivity index (χ1n) is 6.62. The Hall–Kier alpha value is -1.42. The molecule has 0 aliphatic heterocycles. The lowest BCUT2D eigenvalue weighted by Crippen LogP contribution is -2.40. The van der Waals surface area contributed by atoms with E-state index in [1.807, 2.05) is 24.6 Å². The second-order valence-corrected chi connectivity index (χ2v) is 3.66. The van der Waals surface area contributed by atoms with Crippen LogP contribution in [0.3, 0.4) is 0 Å². The summed E-state index contributed by atoms with van der Waals surface area (Å²) in [5.74, 6) is -0.878. The van der Waals surface area contributed by atoms with Gasteiger partial charge in [-0.3, -0.25) is 4.90 Å². The van der Waals surface area contributed by atoms with Crippen molar-refractivity contribution in [1.29, 1.82) is 0 Å². The molecule has 4 heteroatoms. The smallest absolute Gasteiger partial charge is 0.341 e. The van der Waals surface area contributed by atoms with Crippen LogP contribution in [-0.2, 0) is 6.54 Å². The molecule has 0 aliphatic carbocycles. The Kier molecular flexibility index (Phi) is 8.84. The minimum Gasteiger partial charge on any atom is -0.477 e. The Labute approximate surface area is 110 Å². The normalized spacial score (nSPS) is 9.83. The topological polar surface area (TPSA) is 44.4 Å². The molecule has 0 spiro atoms. The monoisotopic (exact) mass is 253 g/mol. The highest BCUT2D eigenvalue weighted by atomic mass is 16.4. The molecule has 1 rings (SSSR count). The van der Waals surface area contributed by atoms with Gasteiger partial charge >= 0.3 is 5.97 Å². The van der Waals surface area contributed by atoms with Crippen molar-refractivity contribution in [2.45, 2.75) is 34.2 Å². The molecule has 0 saturated heterocycles. The van der Waals surface area contributed by atoms with Gasteiger partial charge in [0.15, 0.2) is 18.9 Å². The molecule has 0 aliphatic rings. The maximum atomic E-state index is 10.8. The van der Waals surface area contributed by atoms with Crippen molar-refractivity contribution in [2.24, 2.45) is 0 Å². The third-order valence-electron chi connectivity index (χ3n) is 2.67. The molecular weight excluding hydrogens is 228 g/mol. The summed E-state index contributed by atoms with van der Waals surface area (Å²) in [4.78, 5) is 13.1. The molecule has 1 aromatic rings. The molecule has 1 heterocycles. The Bertz CT molecular complexity index is 349. The summed E-state index contributed by atoms with van der Waals surface area (Å²) in [6, 6.07) is 3.38. The SMILES string of the molecule is CC.CCN(CC)CC[n+]1cccc(C(=O)O)c1. The number of aromatic carboxylic acids is 1. The first kappa shape index (κ1) is 16.6. The highest BCUT2D eigenvalue weighted by Gasteiger charge is 2.09. The molecule has 4 nitrogen and oxygen atoms in total. The van der Waals surface area contributed by atoms with Gasteiger partial charge in [-0.2, -0.15) is 0 Å². The van der Waals surface area contributed by atoms with Gasteiger partial charge in [0, 0.05) is 6.07 Å². The predicted molar refractivity (Wildman–Crippen MR) is 72.7 cm³/mol. The lowest BCUT2D eigenvalue weighted by molar-refractivity contribution is -0.696. The fraction of sp³-hybridized carbons (Fsp3) is 0.571. The lowest BCUT2D eigenvalue weighted by Gasteiger charge is -2.15. The number of carboxylic acids is 1. The van der Waals surface area contributed by atoms with Crippen LogP contribution in [0.4, 0.5) is 0 Å². The first-order chi connectivity index (χ1) is 8.67. The van der Waals surface area contributed by atoms with E-state index in [0.717, 1.165) is 26.2 Å². The van der Waals surface area contributed by atoms with Gasteiger partial charge in [0.05, 0.1) is 6.54 Å². The third kappa shape index (κ3) is 5.77. The van der Waals surface area contributed by atoms with Crippen LogP contribution in [0.1, 0.15) is 38.1 Å². The van der Waals surface area contributed by atoms with Crippen molar-refractivity contribution >= 4 is 5.97 Å². The molecule has 0 radical (unpaired) electrons. The predicted octanol–water partition coefficient (Wildman–Crippen LogP) is 2.04. The number of carboxylic acid groups (broad SMARTS) is 1. The number of aromatic nitrogens is 1. The van der Waals surface area contributed by atoms with E-state index in [1.165, 1.54) is 0 Å². The van der Waals surface area contributed by atoms with Crippen molar-refractivity contribution in [2.75, 3.05) is 19.6 Å². The second kappa shape index (κ2) is 9.59. The van der Waals surface area contributed by atoms with Crippen LogP contribution in [0.2, 0.25) is 0 Å². The van der Waals surface area contributed by atoms with Crippen molar-refractivity contribution < 1.29 is 14.5 Å². The molecule has 1 aromatic heterocycles. The van der Waals surface area contributed by atoms with Crippen molar-refractivity contribution in [3.8, 4) is 0 Å². The van der Waals surface area contributed by atoms with Crippen LogP contribution in [0.15, 0.2) is 24.5 Å². The largest absolute Gasteiger partial charge is 0.477 e. The number of rotatable bonds is 6. The van der Waals surface area contributed by atoms with Crippen LogP contribution in [-0.4, -0.2) is 35.6 Å². The zero-order valence-electron chi connectivity index (χ0n) is 11.9. The fourth-order valence-electron chi connectivity index (χ4n) is 1.58. The molecule has 0 aromatic carbocycles. The third-order valence-corrected chi connectivity index (χ3v) is 2.67. The molecule has 0 fully saturated rings. The van der Waals surface area contributed by atoms with Crippen LogP contribution in [0.25, 0.3) is 0 Å². The Morgan fingerprint density at radius 1 is 1.33 bits per heavy atom. The maximum Gasteiger partial charge on any atom is 0.341 e. The van der Waals surface area contributed by atoms with Crippen molar-refractivity contribution in [3.05, 3.63) is 30.1 Å². The Morgan fingerprint density at radius 3 is 2.44 bits per heavy atom. The van der Waals surface area contributed by atoms with Gasteiger partial charge in [-0.25, -0.2) is 9.36 Å². The molecular formula is C14H25N2O2+. The average molecular weight is 253 g/mol. The van der Waals surface area contributed by atoms with E-state index in [-0.39, 0.29) is 0 Å². The highest BCUT2D eigenvalue weighted by molar-refractivity contribution is 5.86. The van der Waals surface area contributed by atoms with Gasteiger partial charge in [-0.1, -0.05) is 27.7 Å². The lowest BCUT2D eigenvalue weighted by atomic mass is 10.3. The summed E-state index contributed by atoms with van der Waals surface area (Å²) in [6.45, 7) is 12.1. The van der Waals surface area contributed by atoms with E-state index in [0.29, 0.717) is 5.56 Å². The van der Waals surface area contributed by atoms with Gasteiger partial charge in [0.1, 0.15) is 5.56 Å². The summed E-state index contributed by atoms with van der Waals surface area (Å²) in [7, 11) is 0. The molecule has 1 N–H and O–H groups in total. The standard InChI is InChI=1S/C12H18N2O2.C2H6/c1-3-13(4-2)8-9-14-7-5-6-11(10-14)12(15)16;1-2/h5-7,10H,3-4,8-9H2,1-2H3;1-2H3/p+1. The number of hydrogen-bond acceptors (Lipinski definition) is 2. The number of hydrogen-bond donors (Lipinski definition) is 1. The second-order valence-electron chi connectivity index (χ2n) is 3.66. The summed E-state index contributed by atoms with van der Waals surface area (Å²) in [6.07, 6.45) is 3.57. The van der Waals surface area contributed by atoms with Crippen LogP contribution in [0, 0.1) is 0 Å². The van der Waals surface area contributed by atoms with E-state index in [2.05, 4.69) is 18.7 Å². The quantitative estimate of drug-likeness (QED) is 0.789. The number of nitrogens with zero attached hydrogens (tertiary/aromatic N) is 2. The molecule has 0 bridgehead atoms. The zero-order valence-corrected chi connectivity index (χ0v) is 11.9. The van der Waals surface area contributed by atoms with Crippen LogP contribution in [0.5, 0.6) is 0 Å². The van der Waals surface area contributed by atoms with Crippen molar-refractivity contribution in [3.63, 3.8) is 0 Å². The summed E-state index contributed by atoms with van der Waals surface area (Å²) >= 11 is 0. The molecule has 0 unspecified atom stereocenters. The molecule has 102 valence electrons. The van der Waals surface area contributed by atoms with Gasteiger partial charge in [-0.05, 0) is 19.2 Å². The van der Waals surface area contributed by atoms with Crippen molar-refractivity contribution in [1.82, 2.24) is 4.90 Å². The number of likely N-dealkylation sites (N-methyl/N-ethyl adjacent to an activating group) is 1. The summed E-state index contributed by atoms with van der Waals surface area (Å²) in [5.41, 5.74) is 0.335. The molecule has 18 heavy (non-hydrogen) atoms. The Morgan fingerprint density at radius 2 is 1.94 bits per heavy atom. The summed E-state index contributed by atoms with van der Waals surface area (Å²) < 4.78 is 1.92. The van der Waals surface area contributed by atoms with Gasteiger partial charge < -0.3 is 5.11 Å². The zero-order chi connectivity index (χ0) is 14.0. The molecule has 0 amide bonds. The summed E-state index contributed by atoms with van der Waals surface area (Å²) in [5, 5.41) is 8.86. The van der Waals surface area contributed by atoms with Crippen LogP contribution < -0.4 is 4.57 Å². The minimum atomic E-state index is -0.878. The minimum absolute atomic E-state index is 0.335. The average Bonchev–Trinajstić information content (AvgIpc) is 2.42. The van der Waals surface area contributed by atoms with Gasteiger partial charge in [0.2, 0.25) is 0 Å². The molecule has 0 atom stereocenters. The fourth-order valence-corrected chi connectivity index (χ4v) is 1.58. The van der Waals surface area contributed by atoms with E-state index in [1.54, 1.807) is 18.3 Å². The van der Waals surface area contributed by atoms with E-state index >= 15 is 0 Å². The van der Waals surface area contributed by atoms with E-state index in [9.17, 15) is 4.79 Å². The maximum absolute atomic E-state index is 10.8. The van der Waals surface area contributed by atoms with E-state index < -0.39 is 5.97 Å². The molecule has 0 saturated carbocycles. The van der Waals surface area contributed by atoms with E-state index in [4.69, 9.17) is 5.11 Å². The highest BCUT2D eigenvalue weighted by Crippen LogP contribution is 1.94. The Balaban J connectivity index is 0.00000137. The number of carbonyl (C=O) groups is 1. The van der Waals surface area contributed by atoms with Gasteiger partial charge in [-0.15, -0.1) is 0 Å². The number of pyridine rings is 1.